The van der Waals surface area contributed by atoms with Crippen LogP contribution < -0.4 is 16.2 Å². The molecule has 0 saturated carbocycles. The van der Waals surface area contributed by atoms with Crippen molar-refractivity contribution in [2.75, 3.05) is 11.5 Å². The average molecular weight is 368 g/mol. The highest BCUT2D eigenvalue weighted by Crippen LogP contribution is 2.37. The van der Waals surface area contributed by atoms with E-state index in [0.717, 1.165) is 0 Å². The van der Waals surface area contributed by atoms with Gasteiger partial charge in [0.05, 0.1) is 11.4 Å². The summed E-state index contributed by atoms with van der Waals surface area (Å²) in [6, 6.07) is 5.56. The van der Waals surface area contributed by atoms with Gasteiger partial charge in [-0.25, -0.2) is 0 Å². The predicted molar refractivity (Wildman–Crippen MR) is 102 cm³/mol. The number of benzene rings is 2. The zero-order valence-electron chi connectivity index (χ0n) is 15.5. The van der Waals surface area contributed by atoms with Gasteiger partial charge < -0.3 is 16.2 Å². The number of ketones is 4. The molecule has 0 radical (unpaired) electrons. The summed E-state index contributed by atoms with van der Waals surface area (Å²) in [5.74, 6) is -1.16. The Kier molecular flexibility index (Phi) is 5.44. The summed E-state index contributed by atoms with van der Waals surface area (Å²) in [5.41, 5.74) is 12.8. The van der Waals surface area contributed by atoms with Gasteiger partial charge >= 0.3 is 0 Å². The van der Waals surface area contributed by atoms with Crippen LogP contribution in [0.1, 0.15) is 69.1 Å². The summed E-state index contributed by atoms with van der Waals surface area (Å²) in [6.07, 6.45) is 0. The molecular weight excluding hydrogens is 348 g/mol. The van der Waals surface area contributed by atoms with Crippen LogP contribution in [0.25, 0.3) is 0 Å². The van der Waals surface area contributed by atoms with E-state index >= 15 is 0 Å². The fourth-order valence-corrected chi connectivity index (χ4v) is 2.53. The third kappa shape index (κ3) is 4.03. The van der Waals surface area contributed by atoms with Crippen molar-refractivity contribution >= 4 is 34.5 Å². The van der Waals surface area contributed by atoms with Crippen LogP contribution >= 0.6 is 0 Å². The van der Waals surface area contributed by atoms with E-state index in [1.54, 1.807) is 0 Å². The molecule has 0 heterocycles. The van der Waals surface area contributed by atoms with Gasteiger partial charge in [-0.05, 0) is 52.0 Å². The molecule has 2 aromatic carbocycles. The minimum absolute atomic E-state index is 0.0319. The molecule has 0 spiro atoms. The van der Waals surface area contributed by atoms with Gasteiger partial charge in [0.2, 0.25) is 0 Å². The predicted octanol–water partition coefficient (Wildman–Crippen LogP) is 3.45. The van der Waals surface area contributed by atoms with Gasteiger partial charge in [-0.2, -0.15) is 0 Å². The van der Waals surface area contributed by atoms with Crippen molar-refractivity contribution in [2.24, 2.45) is 0 Å². The maximum atomic E-state index is 11.8. The van der Waals surface area contributed by atoms with Crippen LogP contribution in [0.2, 0.25) is 0 Å². The molecule has 2 rings (SSSR count). The monoisotopic (exact) mass is 368 g/mol. The number of carbonyl (C=O) groups is 4. The fraction of sp³-hybridized carbons (Fsp3) is 0.200. The highest BCUT2D eigenvalue weighted by Gasteiger charge is 2.19. The van der Waals surface area contributed by atoms with Crippen molar-refractivity contribution in [2.45, 2.75) is 27.7 Å². The lowest BCUT2D eigenvalue weighted by atomic mass is 10.0. The zero-order chi connectivity index (χ0) is 20.5. The third-order valence-corrected chi connectivity index (χ3v) is 4.08. The average Bonchev–Trinajstić information content (AvgIpc) is 2.57. The van der Waals surface area contributed by atoms with Crippen molar-refractivity contribution in [1.29, 1.82) is 0 Å². The van der Waals surface area contributed by atoms with E-state index in [1.165, 1.54) is 52.0 Å². The van der Waals surface area contributed by atoms with Crippen molar-refractivity contribution in [3.8, 4) is 11.5 Å². The van der Waals surface area contributed by atoms with E-state index in [2.05, 4.69) is 0 Å². The van der Waals surface area contributed by atoms with E-state index in [9.17, 15) is 19.2 Å². The van der Waals surface area contributed by atoms with Gasteiger partial charge in [-0.1, -0.05) is 0 Å². The van der Waals surface area contributed by atoms with Crippen LogP contribution in [0.3, 0.4) is 0 Å². The summed E-state index contributed by atoms with van der Waals surface area (Å²) >= 11 is 0. The fourth-order valence-electron chi connectivity index (χ4n) is 2.53. The second-order valence-electron chi connectivity index (χ2n) is 6.20. The molecule has 0 aromatic heterocycles. The maximum absolute atomic E-state index is 11.8. The Bertz CT molecular complexity index is 913. The van der Waals surface area contributed by atoms with Crippen LogP contribution in [0, 0.1) is 0 Å². The van der Waals surface area contributed by atoms with E-state index in [4.69, 9.17) is 16.2 Å². The number of carbonyl (C=O) groups excluding carboxylic acids is 4. The van der Waals surface area contributed by atoms with Gasteiger partial charge in [0.25, 0.3) is 0 Å². The second-order valence-corrected chi connectivity index (χ2v) is 6.20. The summed E-state index contributed by atoms with van der Waals surface area (Å²) in [7, 11) is 0. The number of nitrogens with two attached hydrogens (primary N) is 2. The molecule has 0 atom stereocenters. The molecule has 0 bridgehead atoms. The normalized spacial score (nSPS) is 10.4. The molecule has 4 N–H and O–H groups in total. The lowest BCUT2D eigenvalue weighted by Crippen LogP contribution is -2.08. The summed E-state index contributed by atoms with van der Waals surface area (Å²) in [4.78, 5) is 47.2. The number of rotatable bonds is 6. The van der Waals surface area contributed by atoms with Crippen molar-refractivity contribution < 1.29 is 23.9 Å². The molecule has 0 saturated heterocycles. The second kappa shape index (κ2) is 7.41. The first-order chi connectivity index (χ1) is 12.5. The van der Waals surface area contributed by atoms with Gasteiger partial charge in [-0.3, -0.25) is 19.2 Å². The quantitative estimate of drug-likeness (QED) is 0.590. The van der Waals surface area contributed by atoms with Crippen LogP contribution in [-0.2, 0) is 0 Å². The highest BCUT2D eigenvalue weighted by molar-refractivity contribution is 6.06. The first-order valence-corrected chi connectivity index (χ1v) is 8.11. The Labute approximate surface area is 156 Å². The molecule has 0 aliphatic carbocycles. The maximum Gasteiger partial charge on any atom is 0.162 e. The minimum atomic E-state index is -0.338. The Morgan fingerprint density at radius 3 is 1.22 bits per heavy atom. The Balaban J connectivity index is 2.69. The van der Waals surface area contributed by atoms with Gasteiger partial charge in [0.1, 0.15) is 0 Å². The van der Waals surface area contributed by atoms with E-state index in [0.29, 0.717) is 0 Å². The number of hydrogen-bond donors (Lipinski definition) is 2. The first-order valence-electron chi connectivity index (χ1n) is 8.11. The van der Waals surface area contributed by atoms with Crippen molar-refractivity contribution in [1.82, 2.24) is 0 Å². The van der Waals surface area contributed by atoms with Crippen molar-refractivity contribution in [3.63, 3.8) is 0 Å². The van der Waals surface area contributed by atoms with Gasteiger partial charge in [-0.15, -0.1) is 0 Å². The summed E-state index contributed by atoms with van der Waals surface area (Å²) < 4.78 is 5.74. The number of nitrogen functional groups attached to an aromatic ring is 2. The van der Waals surface area contributed by atoms with E-state index in [1.807, 2.05) is 0 Å². The largest absolute Gasteiger partial charge is 0.453 e. The molecule has 7 nitrogen and oxygen atoms in total. The number of hydrogen-bond acceptors (Lipinski definition) is 7. The molecule has 7 heteroatoms. The first kappa shape index (κ1) is 19.8. The lowest BCUT2D eigenvalue weighted by Gasteiger charge is -2.16. The standard InChI is InChI=1S/C20H20N2O5/c1-9(23)13-5-15(11(3)25)19(21)17(7-13)27-18-8-14(10(2)24)6-16(12(4)26)20(18)22/h5-8H,21-22H2,1-4H3. The topological polar surface area (TPSA) is 130 Å². The zero-order valence-corrected chi connectivity index (χ0v) is 15.5. The smallest absolute Gasteiger partial charge is 0.162 e. The Hall–Kier alpha value is -3.48. The van der Waals surface area contributed by atoms with Crippen molar-refractivity contribution in [3.05, 3.63) is 46.5 Å². The van der Waals surface area contributed by atoms with Gasteiger partial charge in [0.15, 0.2) is 34.6 Å². The molecule has 140 valence electrons. The number of anilines is 2. The summed E-state index contributed by atoms with van der Waals surface area (Å²) in [6.45, 7) is 5.32. The van der Waals surface area contributed by atoms with Crippen LogP contribution in [0.15, 0.2) is 24.3 Å². The molecule has 2 aromatic rings. The molecule has 0 fully saturated rings. The molecule has 0 amide bonds. The third-order valence-electron chi connectivity index (χ3n) is 4.08. The highest BCUT2D eigenvalue weighted by atomic mass is 16.5. The number of Topliss-reactive ketones (excluding diaryl/α,β-unsaturated/α-hetero) is 4. The van der Waals surface area contributed by atoms with Gasteiger partial charge in [0, 0.05) is 22.3 Å². The molecular formula is C20H20N2O5. The van der Waals surface area contributed by atoms with E-state index in [-0.39, 0.29) is 68.3 Å². The van der Waals surface area contributed by atoms with Crippen LogP contribution in [-0.4, -0.2) is 23.1 Å². The van der Waals surface area contributed by atoms with Crippen LogP contribution in [0.4, 0.5) is 11.4 Å². The molecule has 0 aliphatic heterocycles. The molecule has 0 aliphatic rings. The Morgan fingerprint density at radius 1 is 0.630 bits per heavy atom. The lowest BCUT2D eigenvalue weighted by molar-refractivity contribution is 0.0998. The number of ether oxygens (including phenoxy) is 1. The Morgan fingerprint density at radius 2 is 0.963 bits per heavy atom. The molecule has 27 heavy (non-hydrogen) atoms. The molecule has 0 unspecified atom stereocenters. The van der Waals surface area contributed by atoms with Crippen LogP contribution in [0.5, 0.6) is 11.5 Å². The van der Waals surface area contributed by atoms with E-state index < -0.39 is 0 Å². The minimum Gasteiger partial charge on any atom is -0.453 e. The SMILES string of the molecule is CC(=O)c1cc(Oc2cc(C(C)=O)cc(C(C)=O)c2N)c(N)c(C(C)=O)c1. The summed E-state index contributed by atoms with van der Waals surface area (Å²) in [5, 5.41) is 0.